The lowest BCUT2D eigenvalue weighted by molar-refractivity contribution is 1.09. The van der Waals surface area contributed by atoms with E-state index in [-0.39, 0.29) is 5.56 Å². The molecule has 0 atom stereocenters. The third-order valence-electron chi connectivity index (χ3n) is 5.39. The van der Waals surface area contributed by atoms with E-state index >= 15 is 0 Å². The molecule has 0 aliphatic carbocycles. The Morgan fingerprint density at radius 2 is 1.59 bits per heavy atom. The van der Waals surface area contributed by atoms with Crippen LogP contribution in [0.1, 0.15) is 0 Å². The van der Waals surface area contributed by atoms with Crippen molar-refractivity contribution in [1.82, 2.24) is 30.1 Å². The van der Waals surface area contributed by atoms with Crippen LogP contribution in [0.2, 0.25) is 0 Å². The molecule has 2 aromatic carbocycles. The number of aromatic amines is 2. The van der Waals surface area contributed by atoms with Crippen molar-refractivity contribution in [1.29, 1.82) is 0 Å². The van der Waals surface area contributed by atoms with Crippen molar-refractivity contribution in [2.75, 3.05) is 0 Å². The molecule has 4 heterocycles. The van der Waals surface area contributed by atoms with Crippen LogP contribution in [0, 0.1) is 0 Å². The van der Waals surface area contributed by atoms with Crippen LogP contribution in [0.25, 0.3) is 55.8 Å². The van der Waals surface area contributed by atoms with Gasteiger partial charge in [0.05, 0.1) is 28.2 Å². The fourth-order valence-corrected chi connectivity index (χ4v) is 3.85. The first-order valence-electron chi connectivity index (χ1n) is 10.1. The number of aromatic nitrogens is 6. The molecular weight excluding hydrogens is 400 g/mol. The minimum absolute atomic E-state index is 0.250. The van der Waals surface area contributed by atoms with Crippen LogP contribution in [0.3, 0.4) is 0 Å². The van der Waals surface area contributed by atoms with Gasteiger partial charge in [-0.3, -0.25) is 14.9 Å². The van der Waals surface area contributed by atoms with Crippen molar-refractivity contribution in [3.8, 4) is 33.8 Å². The smallest absolute Gasteiger partial charge is 0.259 e. The monoisotopic (exact) mass is 416 g/mol. The number of hydrogen-bond acceptors (Lipinski definition) is 5. The predicted molar refractivity (Wildman–Crippen MR) is 124 cm³/mol. The molecule has 0 radical (unpaired) electrons. The molecule has 0 bridgehead atoms. The summed E-state index contributed by atoms with van der Waals surface area (Å²) >= 11 is 0. The summed E-state index contributed by atoms with van der Waals surface area (Å²) in [5, 5.41) is 7.80. The molecule has 0 amide bonds. The van der Waals surface area contributed by atoms with Gasteiger partial charge >= 0.3 is 0 Å². The highest BCUT2D eigenvalue weighted by atomic mass is 16.1. The first-order chi connectivity index (χ1) is 15.8. The maximum atomic E-state index is 12.7. The highest BCUT2D eigenvalue weighted by Gasteiger charge is 2.16. The molecule has 152 valence electrons. The van der Waals surface area contributed by atoms with Crippen molar-refractivity contribution in [2.24, 2.45) is 0 Å². The largest absolute Gasteiger partial charge is 0.305 e. The van der Waals surface area contributed by atoms with Crippen LogP contribution in [0.15, 0.2) is 90.0 Å². The zero-order chi connectivity index (χ0) is 21.5. The molecule has 6 rings (SSSR count). The number of hydrogen-bond donors (Lipinski definition) is 2. The molecule has 0 unspecified atom stereocenters. The van der Waals surface area contributed by atoms with Gasteiger partial charge in [-0.1, -0.05) is 42.5 Å². The van der Waals surface area contributed by atoms with Crippen molar-refractivity contribution in [3.05, 3.63) is 95.5 Å². The molecule has 0 fully saturated rings. The Balaban J connectivity index is 1.65. The van der Waals surface area contributed by atoms with E-state index in [0.29, 0.717) is 28.1 Å². The average molecular weight is 416 g/mol. The predicted octanol–water partition coefficient (Wildman–Crippen LogP) is 4.59. The maximum absolute atomic E-state index is 12.7. The van der Waals surface area contributed by atoms with Gasteiger partial charge in [-0.15, -0.1) is 0 Å². The van der Waals surface area contributed by atoms with Crippen LogP contribution >= 0.6 is 0 Å². The molecule has 4 aromatic heterocycles. The summed E-state index contributed by atoms with van der Waals surface area (Å²) in [6.45, 7) is 0. The van der Waals surface area contributed by atoms with Crippen molar-refractivity contribution in [2.45, 2.75) is 0 Å². The summed E-state index contributed by atoms with van der Waals surface area (Å²) in [5.41, 5.74) is 6.05. The molecular formula is C25H16N6O. The Morgan fingerprint density at radius 3 is 2.44 bits per heavy atom. The fourth-order valence-electron chi connectivity index (χ4n) is 3.85. The van der Waals surface area contributed by atoms with Crippen LogP contribution in [0.4, 0.5) is 0 Å². The highest BCUT2D eigenvalue weighted by Crippen LogP contribution is 2.32. The summed E-state index contributed by atoms with van der Waals surface area (Å²) in [7, 11) is 0. The lowest BCUT2D eigenvalue weighted by Crippen LogP contribution is -2.11. The third kappa shape index (κ3) is 3.04. The van der Waals surface area contributed by atoms with Crippen molar-refractivity contribution < 1.29 is 0 Å². The average Bonchev–Trinajstić information content (AvgIpc) is 3.38. The van der Waals surface area contributed by atoms with Gasteiger partial charge < -0.3 is 4.98 Å². The lowest BCUT2D eigenvalue weighted by Gasteiger charge is -2.11. The summed E-state index contributed by atoms with van der Waals surface area (Å²) in [6.07, 6.45) is 3.39. The van der Waals surface area contributed by atoms with E-state index in [2.05, 4.69) is 26.2 Å². The van der Waals surface area contributed by atoms with Gasteiger partial charge in [0.25, 0.3) is 5.56 Å². The number of pyridine rings is 2. The molecule has 7 nitrogen and oxygen atoms in total. The van der Waals surface area contributed by atoms with Gasteiger partial charge in [0, 0.05) is 28.9 Å². The summed E-state index contributed by atoms with van der Waals surface area (Å²) in [6, 6.07) is 23.3. The van der Waals surface area contributed by atoms with Gasteiger partial charge in [0.2, 0.25) is 0 Å². The Morgan fingerprint density at radius 1 is 0.719 bits per heavy atom. The van der Waals surface area contributed by atoms with Gasteiger partial charge in [0.15, 0.2) is 5.65 Å². The van der Waals surface area contributed by atoms with E-state index in [4.69, 9.17) is 9.97 Å². The second-order valence-electron chi connectivity index (χ2n) is 7.41. The molecule has 32 heavy (non-hydrogen) atoms. The van der Waals surface area contributed by atoms with Gasteiger partial charge in [-0.05, 0) is 30.3 Å². The number of benzene rings is 2. The minimum Gasteiger partial charge on any atom is -0.305 e. The zero-order valence-electron chi connectivity index (χ0n) is 16.8. The van der Waals surface area contributed by atoms with E-state index in [1.54, 1.807) is 24.5 Å². The Bertz CT molecular complexity index is 1640. The molecule has 0 saturated carbocycles. The van der Waals surface area contributed by atoms with Crippen LogP contribution in [-0.4, -0.2) is 30.1 Å². The summed E-state index contributed by atoms with van der Waals surface area (Å²) < 4.78 is 0. The van der Waals surface area contributed by atoms with E-state index < -0.39 is 0 Å². The van der Waals surface area contributed by atoms with E-state index in [1.807, 2.05) is 54.6 Å². The number of nitrogens with zero attached hydrogens (tertiary/aromatic N) is 4. The number of nitrogens with one attached hydrogen (secondary N) is 2. The zero-order valence-corrected chi connectivity index (χ0v) is 16.8. The van der Waals surface area contributed by atoms with Gasteiger partial charge in [0.1, 0.15) is 5.52 Å². The van der Waals surface area contributed by atoms with Crippen LogP contribution in [-0.2, 0) is 0 Å². The first-order valence-corrected chi connectivity index (χ1v) is 10.1. The molecule has 0 spiro atoms. The van der Waals surface area contributed by atoms with Crippen LogP contribution < -0.4 is 5.56 Å². The first kappa shape index (κ1) is 18.1. The molecule has 0 aliphatic heterocycles. The Labute approximate surface area is 181 Å². The molecule has 0 saturated heterocycles. The van der Waals surface area contributed by atoms with E-state index in [9.17, 15) is 4.79 Å². The SMILES string of the molecule is O=c1[nH]c2nc(-c3ccccc3)c(-c3ccc4ncccc4c3)nc2cc1-c1ccn[nH]1. The second kappa shape index (κ2) is 7.24. The lowest BCUT2D eigenvalue weighted by atomic mass is 10.0. The highest BCUT2D eigenvalue weighted by molar-refractivity contribution is 5.90. The quantitative estimate of drug-likeness (QED) is 0.439. The van der Waals surface area contributed by atoms with Gasteiger partial charge in [-0.2, -0.15) is 5.10 Å². The summed E-state index contributed by atoms with van der Waals surface area (Å²) in [4.78, 5) is 29.8. The summed E-state index contributed by atoms with van der Waals surface area (Å²) in [5.74, 6) is 0. The minimum atomic E-state index is -0.250. The van der Waals surface area contributed by atoms with E-state index in [0.717, 1.165) is 27.7 Å². The molecule has 7 heteroatoms. The number of fused-ring (bicyclic) bond motifs is 2. The molecule has 0 aliphatic rings. The number of H-pyrrole nitrogens is 2. The molecule has 6 aromatic rings. The Hall–Kier alpha value is -4.65. The van der Waals surface area contributed by atoms with Crippen LogP contribution in [0.5, 0.6) is 0 Å². The standard InChI is InChI=1S/C25H16N6O/c32-25-18(20-10-12-27-31-20)14-21-24(30-25)29-22(15-5-2-1-3-6-15)23(28-21)17-8-9-19-16(13-17)7-4-11-26-19/h1-14H,(H,27,31)(H,29,30,32). The van der Waals surface area contributed by atoms with E-state index in [1.165, 1.54) is 0 Å². The number of rotatable bonds is 3. The third-order valence-corrected chi connectivity index (χ3v) is 5.39. The maximum Gasteiger partial charge on any atom is 0.259 e. The van der Waals surface area contributed by atoms with Gasteiger partial charge in [-0.25, -0.2) is 9.97 Å². The normalized spacial score (nSPS) is 11.2. The van der Waals surface area contributed by atoms with Crippen molar-refractivity contribution in [3.63, 3.8) is 0 Å². The van der Waals surface area contributed by atoms with Crippen molar-refractivity contribution >= 4 is 22.1 Å². The second-order valence-corrected chi connectivity index (χ2v) is 7.41. The topological polar surface area (TPSA) is 100 Å². The Kier molecular flexibility index (Phi) is 4.11. The molecule has 2 N–H and O–H groups in total. The fraction of sp³-hybridized carbons (Fsp3) is 0.